The summed E-state index contributed by atoms with van der Waals surface area (Å²) in [7, 11) is 0. The number of hydrogen-bond acceptors (Lipinski definition) is 2. The lowest BCUT2D eigenvalue weighted by atomic mass is 10.4. The highest BCUT2D eigenvalue weighted by Crippen LogP contribution is 2.03. The summed E-state index contributed by atoms with van der Waals surface area (Å²) in [6.07, 6.45) is 2.53. The lowest BCUT2D eigenvalue weighted by Gasteiger charge is -2.01. The lowest BCUT2D eigenvalue weighted by molar-refractivity contribution is 0.317. The second kappa shape index (κ2) is 3.81. The highest BCUT2D eigenvalue weighted by Gasteiger charge is 1.90. The summed E-state index contributed by atoms with van der Waals surface area (Å²) in [6.45, 7) is 2.68. The average Bonchev–Trinajstić information content (AvgIpc) is 2.01. The number of aromatic nitrogens is 1. The Morgan fingerprint density at radius 3 is 3.09 bits per heavy atom. The quantitative estimate of drug-likeness (QED) is 0.708. The van der Waals surface area contributed by atoms with Gasteiger partial charge in [-0.15, -0.1) is 0 Å². The van der Waals surface area contributed by atoms with Crippen LogP contribution >= 0.6 is 0 Å². The molecule has 0 bridgehead atoms. The van der Waals surface area contributed by atoms with Gasteiger partial charge in [0.05, 0.1) is 6.61 Å². The fourth-order valence-corrected chi connectivity index (χ4v) is 0.735. The minimum Gasteiger partial charge on any atom is -0.493 e. The van der Waals surface area contributed by atoms with Gasteiger partial charge in [-0.1, -0.05) is 6.92 Å². The van der Waals surface area contributed by atoms with Gasteiger partial charge in [-0.2, -0.15) is 0 Å². The van der Waals surface area contributed by atoms with Gasteiger partial charge in [0.15, 0.2) is 0 Å². The van der Waals surface area contributed by atoms with E-state index in [0.717, 1.165) is 6.42 Å². The molecule has 1 heterocycles. The molecule has 3 heteroatoms. The van der Waals surface area contributed by atoms with Gasteiger partial charge in [0, 0.05) is 12.3 Å². The van der Waals surface area contributed by atoms with Crippen LogP contribution in [0.4, 0.5) is 0 Å². The number of pyridine rings is 1. The van der Waals surface area contributed by atoms with E-state index >= 15 is 0 Å². The van der Waals surface area contributed by atoms with Crippen molar-refractivity contribution >= 4 is 0 Å². The maximum Gasteiger partial charge on any atom is 0.251 e. The van der Waals surface area contributed by atoms with Crippen LogP contribution in [-0.2, 0) is 0 Å². The molecule has 0 aliphatic rings. The molecular formula is C8H11NO2. The molecule has 0 aliphatic heterocycles. The zero-order valence-electron chi connectivity index (χ0n) is 6.46. The zero-order valence-corrected chi connectivity index (χ0v) is 6.46. The topological polar surface area (TPSA) is 42.1 Å². The molecule has 1 aromatic heterocycles. The SMILES string of the molecule is CCCOc1cc[nH]c(=O)c1. The first-order chi connectivity index (χ1) is 5.33. The Morgan fingerprint density at radius 2 is 2.45 bits per heavy atom. The fourth-order valence-electron chi connectivity index (χ4n) is 0.735. The maximum atomic E-state index is 10.7. The summed E-state index contributed by atoms with van der Waals surface area (Å²) in [5.74, 6) is 0.635. The number of H-pyrrole nitrogens is 1. The van der Waals surface area contributed by atoms with Gasteiger partial charge in [0.2, 0.25) is 0 Å². The molecule has 0 saturated carbocycles. The van der Waals surface area contributed by atoms with Crippen LogP contribution in [0.3, 0.4) is 0 Å². The molecule has 0 unspecified atom stereocenters. The standard InChI is InChI=1S/C8H11NO2/c1-2-5-11-7-3-4-9-8(10)6-7/h3-4,6H,2,5H2,1H3,(H,9,10). The van der Waals surface area contributed by atoms with Crippen LogP contribution in [0.5, 0.6) is 5.75 Å². The Kier molecular flexibility index (Phi) is 2.72. The van der Waals surface area contributed by atoms with Crippen molar-refractivity contribution in [1.82, 2.24) is 4.98 Å². The summed E-state index contributed by atoms with van der Waals surface area (Å²) in [6, 6.07) is 3.17. The number of nitrogens with one attached hydrogen (secondary N) is 1. The van der Waals surface area contributed by atoms with Crippen LogP contribution in [0.15, 0.2) is 23.1 Å². The molecular weight excluding hydrogens is 142 g/mol. The van der Waals surface area contributed by atoms with Gasteiger partial charge in [-0.25, -0.2) is 0 Å². The summed E-state index contributed by atoms with van der Waals surface area (Å²) < 4.78 is 5.22. The number of rotatable bonds is 3. The van der Waals surface area contributed by atoms with Crippen molar-refractivity contribution in [3.05, 3.63) is 28.7 Å². The summed E-state index contributed by atoms with van der Waals surface area (Å²) in [4.78, 5) is 13.2. The van der Waals surface area contributed by atoms with Gasteiger partial charge >= 0.3 is 0 Å². The highest BCUT2D eigenvalue weighted by atomic mass is 16.5. The van der Waals surface area contributed by atoms with E-state index in [0.29, 0.717) is 12.4 Å². The van der Waals surface area contributed by atoms with Crippen molar-refractivity contribution in [2.24, 2.45) is 0 Å². The normalized spacial score (nSPS) is 9.55. The van der Waals surface area contributed by atoms with Gasteiger partial charge < -0.3 is 9.72 Å². The molecule has 0 atom stereocenters. The van der Waals surface area contributed by atoms with Crippen molar-refractivity contribution in [3.8, 4) is 5.75 Å². The molecule has 11 heavy (non-hydrogen) atoms. The van der Waals surface area contributed by atoms with E-state index in [9.17, 15) is 4.79 Å². The van der Waals surface area contributed by atoms with E-state index in [4.69, 9.17) is 4.74 Å². The molecule has 60 valence electrons. The summed E-state index contributed by atoms with van der Waals surface area (Å²) in [5, 5.41) is 0. The Morgan fingerprint density at radius 1 is 1.64 bits per heavy atom. The minimum atomic E-state index is -0.126. The second-order valence-corrected chi connectivity index (χ2v) is 2.24. The molecule has 0 aromatic carbocycles. The molecule has 0 saturated heterocycles. The molecule has 0 spiro atoms. The van der Waals surface area contributed by atoms with Crippen molar-refractivity contribution < 1.29 is 4.74 Å². The molecule has 0 amide bonds. The van der Waals surface area contributed by atoms with E-state index in [1.165, 1.54) is 6.07 Å². The molecule has 0 aliphatic carbocycles. The Hall–Kier alpha value is -1.25. The zero-order chi connectivity index (χ0) is 8.10. The number of ether oxygens (including phenoxy) is 1. The Labute approximate surface area is 65.0 Å². The van der Waals surface area contributed by atoms with Crippen molar-refractivity contribution in [2.75, 3.05) is 6.61 Å². The monoisotopic (exact) mass is 153 g/mol. The predicted molar refractivity (Wildman–Crippen MR) is 42.8 cm³/mol. The Bertz CT molecular complexity index is 267. The largest absolute Gasteiger partial charge is 0.493 e. The van der Waals surface area contributed by atoms with Gasteiger partial charge in [0.1, 0.15) is 5.75 Å². The maximum absolute atomic E-state index is 10.7. The summed E-state index contributed by atoms with van der Waals surface area (Å²) in [5.41, 5.74) is -0.126. The van der Waals surface area contributed by atoms with Gasteiger partial charge in [0.25, 0.3) is 5.56 Å². The van der Waals surface area contributed by atoms with Gasteiger partial charge in [-0.3, -0.25) is 4.79 Å². The number of aromatic amines is 1. The molecule has 0 fully saturated rings. The third-order valence-electron chi connectivity index (χ3n) is 1.22. The first-order valence-corrected chi connectivity index (χ1v) is 3.64. The first-order valence-electron chi connectivity index (χ1n) is 3.64. The molecule has 3 nitrogen and oxygen atoms in total. The van der Waals surface area contributed by atoms with Crippen molar-refractivity contribution in [3.63, 3.8) is 0 Å². The minimum absolute atomic E-state index is 0.126. The van der Waals surface area contributed by atoms with E-state index in [-0.39, 0.29) is 5.56 Å². The molecule has 1 rings (SSSR count). The van der Waals surface area contributed by atoms with E-state index in [1.54, 1.807) is 12.3 Å². The molecule has 1 N–H and O–H groups in total. The molecule has 1 aromatic rings. The van der Waals surface area contributed by atoms with Crippen LogP contribution < -0.4 is 10.3 Å². The van der Waals surface area contributed by atoms with Crippen LogP contribution in [0.1, 0.15) is 13.3 Å². The number of hydrogen-bond donors (Lipinski definition) is 1. The smallest absolute Gasteiger partial charge is 0.251 e. The first kappa shape index (κ1) is 7.85. The Balaban J connectivity index is 2.64. The van der Waals surface area contributed by atoms with Crippen LogP contribution in [0, 0.1) is 0 Å². The highest BCUT2D eigenvalue weighted by molar-refractivity contribution is 5.16. The van der Waals surface area contributed by atoms with Crippen LogP contribution in [0.25, 0.3) is 0 Å². The van der Waals surface area contributed by atoms with Crippen molar-refractivity contribution in [1.29, 1.82) is 0 Å². The predicted octanol–water partition coefficient (Wildman–Crippen LogP) is 1.16. The van der Waals surface area contributed by atoms with Crippen LogP contribution in [-0.4, -0.2) is 11.6 Å². The fraction of sp³-hybridized carbons (Fsp3) is 0.375. The van der Waals surface area contributed by atoms with E-state index < -0.39 is 0 Å². The van der Waals surface area contributed by atoms with E-state index in [1.807, 2.05) is 6.92 Å². The summed E-state index contributed by atoms with van der Waals surface area (Å²) >= 11 is 0. The van der Waals surface area contributed by atoms with Crippen molar-refractivity contribution in [2.45, 2.75) is 13.3 Å². The van der Waals surface area contributed by atoms with Crippen LogP contribution in [0.2, 0.25) is 0 Å². The van der Waals surface area contributed by atoms with Gasteiger partial charge in [-0.05, 0) is 12.5 Å². The third-order valence-corrected chi connectivity index (χ3v) is 1.22. The third kappa shape index (κ3) is 2.45. The van der Waals surface area contributed by atoms with E-state index in [2.05, 4.69) is 4.98 Å². The average molecular weight is 153 g/mol. The second-order valence-electron chi connectivity index (χ2n) is 2.24. The molecule has 0 radical (unpaired) electrons. The lowest BCUT2D eigenvalue weighted by Crippen LogP contribution is -2.04.